The number of hydrogen-bond acceptors (Lipinski definition) is 4. The highest BCUT2D eigenvalue weighted by Crippen LogP contribution is 2.17. The van der Waals surface area contributed by atoms with Gasteiger partial charge in [-0.1, -0.05) is 17.8 Å². The molecule has 1 amide bonds. The largest absolute Gasteiger partial charge is 0.480 e. The molecule has 5 nitrogen and oxygen atoms in total. The van der Waals surface area contributed by atoms with E-state index in [1.807, 2.05) is 0 Å². The van der Waals surface area contributed by atoms with Crippen molar-refractivity contribution in [3.05, 3.63) is 35.4 Å². The van der Waals surface area contributed by atoms with Crippen molar-refractivity contribution in [2.45, 2.75) is 13.3 Å². The lowest BCUT2D eigenvalue weighted by Crippen LogP contribution is -2.36. The van der Waals surface area contributed by atoms with Crippen molar-refractivity contribution in [1.82, 2.24) is 5.32 Å². The first kappa shape index (κ1) is 18.1. The number of aliphatic carboxylic acids is 1. The molecule has 0 bridgehead atoms. The highest BCUT2D eigenvalue weighted by atomic mass is 32.2. The minimum atomic E-state index is -1.20. The molecule has 1 aromatic carbocycles. The molecule has 0 heterocycles. The van der Waals surface area contributed by atoms with E-state index in [0.29, 0.717) is 5.56 Å². The molecule has 0 aliphatic heterocycles. The van der Waals surface area contributed by atoms with Crippen LogP contribution in [-0.4, -0.2) is 34.4 Å². The summed E-state index contributed by atoms with van der Waals surface area (Å²) in [7, 11) is 0. The lowest BCUT2D eigenvalue weighted by Gasteiger charge is -2.15. The number of carboxylic acid groups (broad SMARTS) is 1. The molecular weight excluding hydrogens is 316 g/mol. The van der Waals surface area contributed by atoms with Crippen molar-refractivity contribution in [2.75, 3.05) is 12.3 Å². The number of carbonyl (C=O) groups is 3. The van der Waals surface area contributed by atoms with Gasteiger partial charge in [0, 0.05) is 12.7 Å². The molecule has 0 fully saturated rings. The van der Waals surface area contributed by atoms with Crippen molar-refractivity contribution in [2.24, 2.45) is 5.92 Å². The Hall–Kier alpha value is -1.96. The maximum absolute atomic E-state index is 13.2. The molecule has 1 aromatic rings. The minimum Gasteiger partial charge on any atom is -0.480 e. The van der Waals surface area contributed by atoms with Gasteiger partial charge in [-0.15, -0.1) is 0 Å². The van der Waals surface area contributed by atoms with E-state index in [4.69, 9.17) is 5.11 Å². The van der Waals surface area contributed by atoms with Crippen LogP contribution < -0.4 is 5.32 Å². The van der Waals surface area contributed by atoms with Crippen molar-refractivity contribution in [3.63, 3.8) is 0 Å². The molecule has 120 valence electrons. The first-order chi connectivity index (χ1) is 10.3. The van der Waals surface area contributed by atoms with Crippen LogP contribution in [0.25, 0.3) is 0 Å². The van der Waals surface area contributed by atoms with Gasteiger partial charge in [-0.25, -0.2) is 8.78 Å². The number of carboxylic acids is 1. The molecule has 0 aromatic heterocycles. The zero-order valence-electron chi connectivity index (χ0n) is 11.8. The molecule has 1 unspecified atom stereocenters. The Bertz CT molecular complexity index is 580. The Balaban J connectivity index is 2.79. The molecule has 0 aliphatic carbocycles. The van der Waals surface area contributed by atoms with Crippen molar-refractivity contribution >= 4 is 28.8 Å². The third-order valence-electron chi connectivity index (χ3n) is 2.74. The summed E-state index contributed by atoms with van der Waals surface area (Å²) in [5, 5.41) is 10.6. The Morgan fingerprint density at radius 1 is 1.27 bits per heavy atom. The van der Waals surface area contributed by atoms with E-state index in [0.717, 1.165) is 23.9 Å². The number of benzene rings is 1. The second-order valence-electron chi connectivity index (χ2n) is 4.56. The number of rotatable bonds is 7. The van der Waals surface area contributed by atoms with Gasteiger partial charge in [0.05, 0.1) is 5.92 Å². The fraction of sp³-hybridized carbons (Fsp3) is 0.357. The lowest BCUT2D eigenvalue weighted by atomic mass is 10.00. The van der Waals surface area contributed by atoms with Crippen LogP contribution in [0.1, 0.15) is 12.5 Å². The standard InChI is InChI=1S/C14H15F2NO4S/c1-8(18)22-7-10(14(21)17-6-13(19)20)4-9-2-3-11(15)12(16)5-9/h2-3,5,10H,4,6-7H2,1H3,(H,17,21)(H,19,20). The van der Waals surface area contributed by atoms with Gasteiger partial charge >= 0.3 is 5.97 Å². The molecular formula is C14H15F2NO4S. The zero-order chi connectivity index (χ0) is 16.7. The SMILES string of the molecule is CC(=O)SCC(Cc1ccc(F)c(F)c1)C(=O)NCC(=O)O. The quantitative estimate of drug-likeness (QED) is 0.793. The predicted molar refractivity (Wildman–Crippen MR) is 77.3 cm³/mol. The van der Waals surface area contributed by atoms with Gasteiger partial charge in [0.2, 0.25) is 5.91 Å². The van der Waals surface area contributed by atoms with Gasteiger partial charge in [-0.05, 0) is 24.1 Å². The van der Waals surface area contributed by atoms with Gasteiger partial charge in [0.15, 0.2) is 16.7 Å². The average molecular weight is 331 g/mol. The van der Waals surface area contributed by atoms with Crippen LogP contribution in [0.3, 0.4) is 0 Å². The van der Waals surface area contributed by atoms with Crippen molar-refractivity contribution in [1.29, 1.82) is 0 Å². The molecule has 0 saturated carbocycles. The van der Waals surface area contributed by atoms with Crippen molar-refractivity contribution in [3.8, 4) is 0 Å². The lowest BCUT2D eigenvalue weighted by molar-refractivity contribution is -0.138. The third kappa shape index (κ3) is 6.21. The average Bonchev–Trinajstić information content (AvgIpc) is 2.44. The number of carbonyl (C=O) groups excluding carboxylic acids is 2. The van der Waals surface area contributed by atoms with Gasteiger partial charge < -0.3 is 10.4 Å². The summed E-state index contributed by atoms with van der Waals surface area (Å²) in [6.07, 6.45) is 0.0724. The third-order valence-corrected chi connectivity index (χ3v) is 3.71. The monoisotopic (exact) mass is 331 g/mol. The van der Waals surface area contributed by atoms with E-state index >= 15 is 0 Å². The molecule has 0 saturated heterocycles. The van der Waals surface area contributed by atoms with Crippen molar-refractivity contribution < 1.29 is 28.3 Å². The summed E-state index contributed by atoms with van der Waals surface area (Å²) in [6, 6.07) is 3.27. The molecule has 2 N–H and O–H groups in total. The Kier molecular flexibility index (Phi) is 6.97. The zero-order valence-corrected chi connectivity index (χ0v) is 12.6. The molecule has 0 radical (unpaired) electrons. The molecule has 0 aliphatic rings. The summed E-state index contributed by atoms with van der Waals surface area (Å²) < 4.78 is 26.1. The summed E-state index contributed by atoms with van der Waals surface area (Å²) >= 11 is 0.914. The molecule has 8 heteroatoms. The van der Waals surface area contributed by atoms with Gasteiger partial charge in [-0.3, -0.25) is 14.4 Å². The summed E-state index contributed by atoms with van der Waals surface area (Å²) in [6.45, 7) is 0.798. The van der Waals surface area contributed by atoms with Crippen LogP contribution in [0, 0.1) is 17.6 Å². The van der Waals surface area contributed by atoms with Crippen LogP contribution >= 0.6 is 11.8 Å². The number of nitrogens with one attached hydrogen (secondary N) is 1. The molecule has 22 heavy (non-hydrogen) atoms. The fourth-order valence-corrected chi connectivity index (χ4v) is 2.41. The summed E-state index contributed by atoms with van der Waals surface area (Å²) in [5.74, 6) is -4.37. The van der Waals surface area contributed by atoms with Gasteiger partial charge in [0.1, 0.15) is 6.54 Å². The van der Waals surface area contributed by atoms with Crippen LogP contribution in [0.15, 0.2) is 18.2 Å². The van der Waals surface area contributed by atoms with Crippen LogP contribution in [0.4, 0.5) is 8.78 Å². The topological polar surface area (TPSA) is 83.5 Å². The number of thioether (sulfide) groups is 1. The van der Waals surface area contributed by atoms with Gasteiger partial charge in [0.25, 0.3) is 0 Å². The van der Waals surface area contributed by atoms with E-state index in [2.05, 4.69) is 5.32 Å². The maximum Gasteiger partial charge on any atom is 0.322 e. The number of halogens is 2. The normalized spacial score (nSPS) is 11.8. The van der Waals surface area contributed by atoms with Crippen LogP contribution in [0.2, 0.25) is 0 Å². The molecule has 1 atom stereocenters. The summed E-state index contributed by atoms with van der Waals surface area (Å²) in [4.78, 5) is 33.4. The van der Waals surface area contributed by atoms with Crippen LogP contribution in [0.5, 0.6) is 0 Å². The fourth-order valence-electron chi connectivity index (χ4n) is 1.70. The smallest absolute Gasteiger partial charge is 0.322 e. The highest BCUT2D eigenvalue weighted by Gasteiger charge is 2.21. The second kappa shape index (κ2) is 8.47. The number of amides is 1. The first-order valence-electron chi connectivity index (χ1n) is 6.36. The van der Waals surface area contributed by atoms with E-state index in [1.165, 1.54) is 13.0 Å². The molecule has 0 spiro atoms. The Morgan fingerprint density at radius 3 is 2.50 bits per heavy atom. The minimum absolute atomic E-state index is 0.0724. The highest BCUT2D eigenvalue weighted by molar-refractivity contribution is 8.13. The van der Waals surface area contributed by atoms with Crippen LogP contribution in [-0.2, 0) is 20.8 Å². The van der Waals surface area contributed by atoms with E-state index in [9.17, 15) is 23.2 Å². The van der Waals surface area contributed by atoms with E-state index < -0.39 is 36.0 Å². The maximum atomic E-state index is 13.2. The number of hydrogen-bond donors (Lipinski definition) is 2. The van der Waals surface area contributed by atoms with E-state index in [-0.39, 0.29) is 17.3 Å². The predicted octanol–water partition coefficient (Wildman–Crippen LogP) is 1.60. The first-order valence-corrected chi connectivity index (χ1v) is 7.35. The summed E-state index contributed by atoms with van der Waals surface area (Å²) in [5.41, 5.74) is 0.388. The Labute approximate surface area is 130 Å². The molecule has 1 rings (SSSR count). The van der Waals surface area contributed by atoms with E-state index in [1.54, 1.807) is 0 Å². The Morgan fingerprint density at radius 2 is 1.95 bits per heavy atom. The van der Waals surface area contributed by atoms with Gasteiger partial charge in [-0.2, -0.15) is 0 Å². The second-order valence-corrected chi connectivity index (χ2v) is 5.76.